The summed E-state index contributed by atoms with van der Waals surface area (Å²) in [5.74, 6) is -0.732. The SMILES string of the molecule is [2H]C([2H])(Oc1nc(N2CCC[C@H]3[C@H](F)[C@H]32)c2cnc(Cl)c(F)c2n1)[C@@]12CCCN1C[C@H](F)C2. The number of pyridine rings is 1. The molecule has 1 saturated carbocycles. The lowest BCUT2D eigenvalue weighted by molar-refractivity contribution is 0.107. The molecule has 2 aromatic heterocycles. The van der Waals surface area contributed by atoms with Crippen molar-refractivity contribution < 1.29 is 20.6 Å². The minimum absolute atomic E-state index is 0.00393. The minimum Gasteiger partial charge on any atom is -0.461 e. The summed E-state index contributed by atoms with van der Waals surface area (Å²) in [5.41, 5.74) is -1.31. The van der Waals surface area contributed by atoms with E-state index in [-0.39, 0.29) is 52.8 Å². The van der Waals surface area contributed by atoms with Gasteiger partial charge in [-0.1, -0.05) is 11.6 Å². The normalized spacial score (nSPS) is 36.2. The molecule has 3 aliphatic heterocycles. The van der Waals surface area contributed by atoms with E-state index in [9.17, 15) is 13.2 Å². The predicted molar refractivity (Wildman–Crippen MR) is 110 cm³/mol. The van der Waals surface area contributed by atoms with E-state index in [0.29, 0.717) is 19.5 Å². The fourth-order valence-corrected chi connectivity index (χ4v) is 5.74. The Labute approximate surface area is 185 Å². The standard InChI is InChI=1S/C21H23ClF3N5O/c22-18-15(25)16-13(8-26-18)19(30-6-1-3-12-14(24)17(12)30)28-20(27-16)31-10-21-4-2-5-29(21)9-11(23)7-21/h8,11-12,14,17H,1-7,9-10H2/t11-,12+,14+,17+,21+/m1/s1/i10D2. The Morgan fingerprint density at radius 1 is 1.29 bits per heavy atom. The summed E-state index contributed by atoms with van der Waals surface area (Å²) in [6, 6.07) is -0.753. The summed E-state index contributed by atoms with van der Waals surface area (Å²) >= 11 is 5.88. The van der Waals surface area contributed by atoms with E-state index in [1.165, 1.54) is 6.20 Å². The van der Waals surface area contributed by atoms with Crippen molar-refractivity contribution in [2.24, 2.45) is 5.92 Å². The quantitative estimate of drug-likeness (QED) is 0.655. The maximum absolute atomic E-state index is 14.9. The highest BCUT2D eigenvalue weighted by molar-refractivity contribution is 6.30. The Bertz CT molecular complexity index is 1130. The zero-order chi connectivity index (χ0) is 23.1. The molecule has 166 valence electrons. The third-order valence-electron chi connectivity index (χ3n) is 7.14. The molecule has 5 heterocycles. The zero-order valence-corrected chi connectivity index (χ0v) is 17.5. The molecule has 0 unspecified atom stereocenters. The zero-order valence-electron chi connectivity index (χ0n) is 18.7. The first-order chi connectivity index (χ1) is 15.7. The van der Waals surface area contributed by atoms with Gasteiger partial charge in [-0.2, -0.15) is 9.97 Å². The number of halogens is 4. The highest BCUT2D eigenvalue weighted by Crippen LogP contribution is 2.48. The lowest BCUT2D eigenvalue weighted by Crippen LogP contribution is -2.43. The highest BCUT2D eigenvalue weighted by Gasteiger charge is 2.57. The number of hydrogen-bond donors (Lipinski definition) is 0. The van der Waals surface area contributed by atoms with Gasteiger partial charge in [0, 0.05) is 31.6 Å². The molecule has 5 atom stereocenters. The maximum atomic E-state index is 14.9. The first kappa shape index (κ1) is 17.7. The molecule has 0 bridgehead atoms. The molecule has 4 aliphatic rings. The van der Waals surface area contributed by atoms with Crippen LogP contribution in [0.25, 0.3) is 10.9 Å². The number of ether oxygens (including phenoxy) is 1. The summed E-state index contributed by atoms with van der Waals surface area (Å²) in [7, 11) is 0. The van der Waals surface area contributed by atoms with Gasteiger partial charge in [0.1, 0.15) is 30.2 Å². The van der Waals surface area contributed by atoms with Crippen LogP contribution >= 0.6 is 11.6 Å². The lowest BCUT2D eigenvalue weighted by Gasteiger charge is -2.31. The maximum Gasteiger partial charge on any atom is 0.319 e. The van der Waals surface area contributed by atoms with Crippen molar-refractivity contribution in [2.75, 3.05) is 31.1 Å². The van der Waals surface area contributed by atoms with Crippen molar-refractivity contribution in [3.8, 4) is 6.01 Å². The van der Waals surface area contributed by atoms with Crippen molar-refractivity contribution in [3.05, 3.63) is 17.2 Å². The highest BCUT2D eigenvalue weighted by atomic mass is 35.5. The van der Waals surface area contributed by atoms with Crippen LogP contribution in [0.1, 0.15) is 34.8 Å². The van der Waals surface area contributed by atoms with Crippen molar-refractivity contribution >= 4 is 28.3 Å². The molecule has 0 aromatic carbocycles. The summed E-state index contributed by atoms with van der Waals surface area (Å²) in [4.78, 5) is 16.0. The Kier molecular flexibility index (Phi) is 4.03. The number of aromatic nitrogens is 3. The molecular weight excluding hydrogens is 431 g/mol. The lowest BCUT2D eigenvalue weighted by atomic mass is 9.95. The van der Waals surface area contributed by atoms with E-state index >= 15 is 0 Å². The predicted octanol–water partition coefficient (Wildman–Crippen LogP) is 3.71. The molecule has 31 heavy (non-hydrogen) atoms. The molecule has 0 N–H and O–H groups in total. The number of hydrogen-bond acceptors (Lipinski definition) is 6. The first-order valence-corrected chi connectivity index (χ1v) is 11.1. The monoisotopic (exact) mass is 455 g/mol. The summed E-state index contributed by atoms with van der Waals surface area (Å²) in [6.07, 6.45) is 1.89. The van der Waals surface area contributed by atoms with E-state index < -0.39 is 30.3 Å². The van der Waals surface area contributed by atoms with Gasteiger partial charge in [0.15, 0.2) is 11.0 Å². The van der Waals surface area contributed by atoms with Gasteiger partial charge in [0.2, 0.25) is 0 Å². The van der Waals surface area contributed by atoms with Crippen molar-refractivity contribution in [1.82, 2.24) is 19.9 Å². The van der Waals surface area contributed by atoms with Crippen LogP contribution < -0.4 is 9.64 Å². The van der Waals surface area contributed by atoms with Crippen molar-refractivity contribution in [3.63, 3.8) is 0 Å². The average Bonchev–Trinajstić information content (AvgIpc) is 3.09. The van der Waals surface area contributed by atoms with Crippen LogP contribution in [0.5, 0.6) is 6.01 Å². The third kappa shape index (κ3) is 3.07. The largest absolute Gasteiger partial charge is 0.461 e. The van der Waals surface area contributed by atoms with E-state index in [2.05, 4.69) is 15.0 Å². The second-order valence-corrected chi connectivity index (χ2v) is 9.33. The van der Waals surface area contributed by atoms with Gasteiger partial charge in [-0.15, -0.1) is 0 Å². The summed E-state index contributed by atoms with van der Waals surface area (Å²) < 4.78 is 66.7. The molecule has 0 spiro atoms. The Hall–Kier alpha value is -1.87. The fourth-order valence-electron chi connectivity index (χ4n) is 5.61. The van der Waals surface area contributed by atoms with Gasteiger partial charge in [-0.25, -0.2) is 18.2 Å². The second kappa shape index (κ2) is 7.07. The van der Waals surface area contributed by atoms with Crippen LogP contribution in [-0.2, 0) is 0 Å². The molecular formula is C21H23ClF3N5O. The second-order valence-electron chi connectivity index (χ2n) is 8.98. The van der Waals surface area contributed by atoms with Crippen LogP contribution in [0.2, 0.25) is 5.15 Å². The number of alkyl halides is 2. The van der Waals surface area contributed by atoms with Gasteiger partial charge in [-0.3, -0.25) is 4.90 Å². The molecule has 4 fully saturated rings. The number of anilines is 1. The van der Waals surface area contributed by atoms with Crippen LogP contribution in [0, 0.1) is 11.7 Å². The minimum atomic E-state index is -2.32. The number of piperidine rings is 1. The molecule has 1 aliphatic carbocycles. The third-order valence-corrected chi connectivity index (χ3v) is 7.40. The van der Waals surface area contributed by atoms with Crippen molar-refractivity contribution in [2.45, 2.75) is 56.0 Å². The van der Waals surface area contributed by atoms with Gasteiger partial charge in [0.25, 0.3) is 0 Å². The summed E-state index contributed by atoms with van der Waals surface area (Å²) in [6.45, 7) is -1.07. The number of rotatable bonds is 4. The molecule has 10 heteroatoms. The molecule has 0 radical (unpaired) electrons. The van der Waals surface area contributed by atoms with E-state index in [4.69, 9.17) is 19.1 Å². The van der Waals surface area contributed by atoms with Crippen molar-refractivity contribution in [1.29, 1.82) is 0 Å². The molecule has 6 nitrogen and oxygen atoms in total. The Morgan fingerprint density at radius 2 is 2.16 bits per heavy atom. The van der Waals surface area contributed by atoms with Crippen LogP contribution in [0.15, 0.2) is 6.20 Å². The number of nitrogens with zero attached hydrogens (tertiary/aromatic N) is 5. The van der Waals surface area contributed by atoms with Gasteiger partial charge in [0.05, 0.1) is 19.7 Å². The van der Waals surface area contributed by atoms with E-state index in [1.807, 2.05) is 0 Å². The topological polar surface area (TPSA) is 54.4 Å². The molecule has 0 amide bonds. The van der Waals surface area contributed by atoms with Crippen LogP contribution in [0.3, 0.4) is 0 Å². The Morgan fingerprint density at radius 3 is 3.03 bits per heavy atom. The van der Waals surface area contributed by atoms with E-state index in [0.717, 1.165) is 19.3 Å². The molecule has 2 aromatic rings. The summed E-state index contributed by atoms with van der Waals surface area (Å²) in [5, 5.41) is -0.126. The molecule has 3 saturated heterocycles. The first-order valence-electron chi connectivity index (χ1n) is 11.7. The number of fused-ring (bicyclic) bond motifs is 3. The van der Waals surface area contributed by atoms with Gasteiger partial charge >= 0.3 is 6.01 Å². The molecule has 6 rings (SSSR count). The van der Waals surface area contributed by atoms with Crippen LogP contribution in [-0.4, -0.2) is 70.0 Å². The van der Waals surface area contributed by atoms with E-state index in [1.54, 1.807) is 9.80 Å². The van der Waals surface area contributed by atoms with Gasteiger partial charge < -0.3 is 9.64 Å². The fraction of sp³-hybridized carbons (Fsp3) is 0.667. The smallest absolute Gasteiger partial charge is 0.319 e. The van der Waals surface area contributed by atoms with Crippen LogP contribution in [0.4, 0.5) is 19.0 Å². The van der Waals surface area contributed by atoms with Gasteiger partial charge in [-0.05, 0) is 32.2 Å². The Balaban J connectivity index is 1.43. The average molecular weight is 456 g/mol.